The van der Waals surface area contributed by atoms with Crippen LogP contribution in [0.4, 0.5) is 0 Å². The van der Waals surface area contributed by atoms with Crippen LogP contribution >= 0.6 is 11.6 Å². The van der Waals surface area contributed by atoms with Crippen molar-refractivity contribution in [2.45, 2.75) is 11.5 Å². The molecular weight excluding hydrogens is 328 g/mol. The molecule has 0 aliphatic heterocycles. The Morgan fingerprint density at radius 1 is 1.32 bits per heavy atom. The van der Waals surface area contributed by atoms with Crippen molar-refractivity contribution in [3.05, 3.63) is 58.9 Å². The molecule has 2 aromatic rings. The summed E-state index contributed by atoms with van der Waals surface area (Å²) in [6, 6.07) is 9.04. The molecule has 1 heterocycles. The molecule has 1 N–H and O–H groups in total. The summed E-state index contributed by atoms with van der Waals surface area (Å²) in [6.45, 7) is -0.0288. The highest BCUT2D eigenvalue weighted by atomic mass is 35.5. The van der Waals surface area contributed by atoms with Crippen LogP contribution < -0.4 is 4.72 Å². The van der Waals surface area contributed by atoms with E-state index in [1.54, 1.807) is 24.4 Å². The first-order valence-electron chi connectivity index (χ1n) is 6.24. The van der Waals surface area contributed by atoms with Crippen LogP contribution in [-0.2, 0) is 21.4 Å². The number of pyridine rings is 1. The number of hydrogen-bond donors (Lipinski definition) is 1. The molecule has 0 spiro atoms. The maximum Gasteiger partial charge on any atom is 0.340 e. The predicted octanol–water partition coefficient (Wildman–Crippen LogP) is 2.00. The monoisotopic (exact) mass is 340 g/mol. The number of sulfonamides is 1. The number of halogens is 1. The van der Waals surface area contributed by atoms with E-state index in [9.17, 15) is 13.2 Å². The van der Waals surface area contributed by atoms with Gasteiger partial charge in [0.05, 0.1) is 21.2 Å². The van der Waals surface area contributed by atoms with Gasteiger partial charge in [-0.3, -0.25) is 4.98 Å². The minimum Gasteiger partial charge on any atom is -0.456 e. The second kappa shape index (κ2) is 6.87. The number of hydrogen-bond acceptors (Lipinski definition) is 5. The van der Waals surface area contributed by atoms with E-state index in [0.717, 1.165) is 0 Å². The highest BCUT2D eigenvalue weighted by Gasteiger charge is 2.18. The fraction of sp³-hybridized carbons (Fsp3) is 0.143. The van der Waals surface area contributed by atoms with Gasteiger partial charge < -0.3 is 4.74 Å². The summed E-state index contributed by atoms with van der Waals surface area (Å²) in [4.78, 5) is 16.0. The van der Waals surface area contributed by atoms with E-state index in [-0.39, 0.29) is 22.1 Å². The summed E-state index contributed by atoms with van der Waals surface area (Å²) in [5, 5.41) is 0.112. The summed E-state index contributed by atoms with van der Waals surface area (Å²) in [6.07, 6.45) is 1.58. The van der Waals surface area contributed by atoms with Gasteiger partial charge in [0.15, 0.2) is 0 Å². The van der Waals surface area contributed by atoms with Gasteiger partial charge in [-0.2, -0.15) is 0 Å². The van der Waals surface area contributed by atoms with E-state index < -0.39 is 16.0 Å². The van der Waals surface area contributed by atoms with Crippen molar-refractivity contribution in [2.75, 3.05) is 7.05 Å². The lowest BCUT2D eigenvalue weighted by molar-refractivity contribution is 0.0467. The van der Waals surface area contributed by atoms with E-state index in [0.29, 0.717) is 5.69 Å². The van der Waals surface area contributed by atoms with Crippen LogP contribution in [-0.4, -0.2) is 26.4 Å². The molecule has 0 bridgehead atoms. The third kappa shape index (κ3) is 3.82. The van der Waals surface area contributed by atoms with Gasteiger partial charge in [-0.15, -0.1) is 0 Å². The number of aromatic nitrogens is 1. The lowest BCUT2D eigenvalue weighted by Gasteiger charge is -2.08. The number of benzene rings is 1. The summed E-state index contributed by atoms with van der Waals surface area (Å²) < 4.78 is 30.8. The second-order valence-electron chi connectivity index (χ2n) is 4.25. The Bertz CT molecular complexity index is 779. The first-order valence-corrected chi connectivity index (χ1v) is 8.10. The Morgan fingerprint density at radius 2 is 2.09 bits per heavy atom. The van der Waals surface area contributed by atoms with Crippen LogP contribution in [0, 0.1) is 0 Å². The van der Waals surface area contributed by atoms with Gasteiger partial charge in [-0.1, -0.05) is 17.7 Å². The van der Waals surface area contributed by atoms with E-state index in [1.807, 2.05) is 0 Å². The van der Waals surface area contributed by atoms with Gasteiger partial charge in [0, 0.05) is 6.20 Å². The van der Waals surface area contributed by atoms with Crippen molar-refractivity contribution in [2.24, 2.45) is 0 Å². The van der Waals surface area contributed by atoms with E-state index in [2.05, 4.69) is 9.71 Å². The van der Waals surface area contributed by atoms with Gasteiger partial charge >= 0.3 is 5.97 Å². The molecule has 6 nitrogen and oxygen atoms in total. The minimum absolute atomic E-state index is 0.0195. The number of nitrogens with zero attached hydrogens (tertiary/aromatic N) is 1. The molecule has 0 saturated carbocycles. The fourth-order valence-corrected chi connectivity index (χ4v) is 2.60. The molecule has 0 unspecified atom stereocenters. The predicted molar refractivity (Wildman–Crippen MR) is 81.1 cm³/mol. The minimum atomic E-state index is -3.67. The number of nitrogens with one attached hydrogen (secondary N) is 1. The van der Waals surface area contributed by atoms with E-state index >= 15 is 0 Å². The quantitative estimate of drug-likeness (QED) is 0.841. The van der Waals surface area contributed by atoms with Gasteiger partial charge in [0.2, 0.25) is 10.0 Å². The summed E-state index contributed by atoms with van der Waals surface area (Å²) in [7, 11) is -2.39. The molecule has 2 rings (SSSR count). The van der Waals surface area contributed by atoms with Crippen LogP contribution in [0.25, 0.3) is 0 Å². The zero-order chi connectivity index (χ0) is 16.2. The Balaban J connectivity index is 2.20. The van der Waals surface area contributed by atoms with E-state index in [4.69, 9.17) is 16.3 Å². The number of carbonyl (C=O) groups is 1. The van der Waals surface area contributed by atoms with Crippen LogP contribution in [0.5, 0.6) is 0 Å². The topological polar surface area (TPSA) is 85.4 Å². The van der Waals surface area contributed by atoms with E-state index in [1.165, 1.54) is 25.2 Å². The van der Waals surface area contributed by atoms with Gasteiger partial charge in [-0.25, -0.2) is 17.9 Å². The first kappa shape index (κ1) is 16.4. The number of rotatable bonds is 5. The third-order valence-electron chi connectivity index (χ3n) is 2.81. The van der Waals surface area contributed by atoms with Crippen LogP contribution in [0.1, 0.15) is 16.1 Å². The Kier molecular flexibility index (Phi) is 5.12. The zero-order valence-corrected chi connectivity index (χ0v) is 13.2. The highest BCUT2D eigenvalue weighted by Crippen LogP contribution is 2.21. The smallest absolute Gasteiger partial charge is 0.340 e. The molecule has 0 atom stereocenters. The molecule has 1 aromatic heterocycles. The van der Waals surface area contributed by atoms with Crippen molar-refractivity contribution in [1.82, 2.24) is 9.71 Å². The molecule has 0 radical (unpaired) electrons. The van der Waals surface area contributed by atoms with Crippen LogP contribution in [0.2, 0.25) is 5.02 Å². The molecule has 0 amide bonds. The van der Waals surface area contributed by atoms with Crippen LogP contribution in [0.15, 0.2) is 47.5 Å². The average Bonchev–Trinajstić information content (AvgIpc) is 2.53. The van der Waals surface area contributed by atoms with Gasteiger partial charge in [0.25, 0.3) is 0 Å². The van der Waals surface area contributed by atoms with Crippen molar-refractivity contribution in [1.29, 1.82) is 0 Å². The zero-order valence-electron chi connectivity index (χ0n) is 11.6. The molecule has 22 heavy (non-hydrogen) atoms. The Hall–Kier alpha value is -1.96. The number of carbonyl (C=O) groups excluding carboxylic acids is 1. The third-order valence-corrected chi connectivity index (χ3v) is 4.56. The van der Waals surface area contributed by atoms with Gasteiger partial charge in [-0.05, 0) is 37.4 Å². The molecule has 116 valence electrons. The first-order chi connectivity index (χ1) is 10.4. The summed E-state index contributed by atoms with van der Waals surface area (Å²) >= 11 is 5.93. The van der Waals surface area contributed by atoms with Crippen molar-refractivity contribution in [3.8, 4) is 0 Å². The van der Waals surface area contributed by atoms with Crippen LogP contribution in [0.3, 0.4) is 0 Å². The Morgan fingerprint density at radius 3 is 2.73 bits per heavy atom. The normalized spacial score (nSPS) is 11.2. The van der Waals surface area contributed by atoms with Crippen molar-refractivity contribution in [3.63, 3.8) is 0 Å². The molecule has 0 aliphatic rings. The second-order valence-corrected chi connectivity index (χ2v) is 6.54. The van der Waals surface area contributed by atoms with Crippen molar-refractivity contribution < 1.29 is 17.9 Å². The SMILES string of the molecule is CNS(=O)(=O)c1ccc(Cl)c(C(=O)OCc2ccccn2)c1. The summed E-state index contributed by atoms with van der Waals surface area (Å²) in [5.74, 6) is -0.719. The van der Waals surface area contributed by atoms with Crippen molar-refractivity contribution >= 4 is 27.6 Å². The lowest BCUT2D eigenvalue weighted by Crippen LogP contribution is -2.19. The standard InChI is InChI=1S/C14H13ClN2O4S/c1-16-22(19,20)11-5-6-13(15)12(8-11)14(18)21-9-10-4-2-3-7-17-10/h2-8,16H,9H2,1H3. The summed E-state index contributed by atoms with van der Waals surface area (Å²) in [5.41, 5.74) is 0.555. The highest BCUT2D eigenvalue weighted by molar-refractivity contribution is 7.89. The molecule has 0 saturated heterocycles. The molecular formula is C14H13ClN2O4S. The number of ether oxygens (including phenoxy) is 1. The largest absolute Gasteiger partial charge is 0.456 e. The average molecular weight is 341 g/mol. The fourth-order valence-electron chi connectivity index (χ4n) is 1.65. The molecule has 8 heteroatoms. The van der Waals surface area contributed by atoms with Gasteiger partial charge in [0.1, 0.15) is 6.61 Å². The molecule has 1 aromatic carbocycles. The molecule has 0 fully saturated rings. The lowest BCUT2D eigenvalue weighted by atomic mass is 10.2. The maximum atomic E-state index is 12.1. The number of esters is 1. The maximum absolute atomic E-state index is 12.1. The molecule has 0 aliphatic carbocycles. The Labute approximate surface area is 133 Å².